The lowest BCUT2D eigenvalue weighted by molar-refractivity contribution is -0.359. The van der Waals surface area contributed by atoms with E-state index in [2.05, 4.69) is 67.8 Å². The topological polar surface area (TPSA) is 228 Å². The molecular weight excluding hydrogens is 714 g/mol. The zero-order valence-corrected chi connectivity index (χ0v) is 32.9. The molecule has 2 fully saturated rings. The van der Waals surface area contributed by atoms with Crippen LogP contribution in [0.5, 0.6) is 0 Å². The highest BCUT2D eigenvalue weighted by molar-refractivity contribution is 5.76. The highest BCUT2D eigenvalue weighted by atomic mass is 16.7. The summed E-state index contributed by atoms with van der Waals surface area (Å²) in [6, 6.07) is -0.837. The summed E-state index contributed by atoms with van der Waals surface area (Å²) in [5.74, 6) is -0.244. The van der Waals surface area contributed by atoms with Gasteiger partial charge in [0.15, 0.2) is 12.6 Å². The summed E-state index contributed by atoms with van der Waals surface area (Å²) < 4.78 is 22.5. The number of hydrogen-bond donors (Lipinski definition) is 9. The third-order valence-corrected chi connectivity index (χ3v) is 9.81. The first-order valence-corrected chi connectivity index (χ1v) is 20.4. The Labute approximate surface area is 327 Å². The number of amides is 1. The maximum atomic E-state index is 13.0. The van der Waals surface area contributed by atoms with Crippen LogP contribution in [-0.2, 0) is 23.7 Å². The lowest BCUT2D eigenvalue weighted by Crippen LogP contribution is -2.65. The van der Waals surface area contributed by atoms with E-state index in [1.54, 1.807) is 0 Å². The van der Waals surface area contributed by atoms with E-state index in [1.165, 1.54) is 0 Å². The number of aliphatic hydroxyl groups excluding tert-OH is 8. The molecule has 1 amide bonds. The van der Waals surface area contributed by atoms with Gasteiger partial charge in [-0.1, -0.05) is 101 Å². The fraction of sp³-hybridized carbons (Fsp3) is 0.780. The first-order valence-electron chi connectivity index (χ1n) is 20.4. The monoisotopic (exact) mass is 785 g/mol. The van der Waals surface area contributed by atoms with Gasteiger partial charge in [0.05, 0.1) is 32.0 Å². The van der Waals surface area contributed by atoms with Gasteiger partial charge in [-0.15, -0.1) is 0 Å². The summed E-state index contributed by atoms with van der Waals surface area (Å²) in [7, 11) is 0. The summed E-state index contributed by atoms with van der Waals surface area (Å²) in [5, 5.41) is 85.8. The Hall–Kier alpha value is -2.05. The molecular formula is C41H71NO13. The largest absolute Gasteiger partial charge is 0.394 e. The number of hydrogen-bond acceptors (Lipinski definition) is 13. The van der Waals surface area contributed by atoms with E-state index in [4.69, 9.17) is 18.9 Å². The van der Waals surface area contributed by atoms with Gasteiger partial charge in [-0.2, -0.15) is 0 Å². The fourth-order valence-corrected chi connectivity index (χ4v) is 6.40. The van der Waals surface area contributed by atoms with E-state index in [0.29, 0.717) is 12.8 Å². The number of carbonyl (C=O) groups excluding carboxylic acids is 1. The smallest absolute Gasteiger partial charge is 0.220 e. The van der Waals surface area contributed by atoms with Crippen molar-refractivity contribution in [3.63, 3.8) is 0 Å². The van der Waals surface area contributed by atoms with Crippen LogP contribution in [0.15, 0.2) is 48.6 Å². The Morgan fingerprint density at radius 2 is 1.25 bits per heavy atom. The van der Waals surface area contributed by atoms with Gasteiger partial charge < -0.3 is 65.1 Å². The fourth-order valence-electron chi connectivity index (χ4n) is 6.40. The lowest BCUT2D eigenvalue weighted by Gasteiger charge is -2.46. The maximum absolute atomic E-state index is 13.0. The van der Waals surface area contributed by atoms with E-state index in [-0.39, 0.29) is 18.9 Å². The van der Waals surface area contributed by atoms with E-state index in [9.17, 15) is 45.6 Å². The Balaban J connectivity index is 1.83. The predicted octanol–water partition coefficient (Wildman–Crippen LogP) is 2.59. The second-order valence-corrected chi connectivity index (χ2v) is 14.4. The van der Waals surface area contributed by atoms with Crippen molar-refractivity contribution in [3.8, 4) is 0 Å². The highest BCUT2D eigenvalue weighted by Crippen LogP contribution is 2.30. The van der Waals surface area contributed by atoms with Crippen LogP contribution in [0.2, 0.25) is 0 Å². The number of ether oxygens (including phenoxy) is 4. The molecule has 14 nitrogen and oxygen atoms in total. The van der Waals surface area contributed by atoms with Crippen molar-refractivity contribution in [2.45, 2.75) is 184 Å². The Morgan fingerprint density at radius 1 is 0.673 bits per heavy atom. The van der Waals surface area contributed by atoms with Gasteiger partial charge in [0.2, 0.25) is 5.91 Å². The molecule has 2 saturated heterocycles. The van der Waals surface area contributed by atoms with Gasteiger partial charge >= 0.3 is 0 Å². The minimum Gasteiger partial charge on any atom is -0.394 e. The van der Waals surface area contributed by atoms with Crippen molar-refractivity contribution in [2.75, 3.05) is 19.8 Å². The number of unbranched alkanes of at least 4 members (excludes halogenated alkanes) is 7. The standard InChI is InChI=1S/C41H71NO13/c1-3-5-7-9-10-11-12-13-14-15-16-17-18-19-20-21-23-25-33(46)42-29(30(45)24-22-8-6-4-2)28-52-40-38(51)36(49)39(32(27-44)54-40)55-41-37(50)35(48)34(47)31(26-43)53-41/h5,7,10-11,13-14,16-17,29-32,34-41,43-45,47-51H,3-4,6,8-9,12,15,18-28H2,1-2H3,(H,42,46)/b7-5-,11-10-,14-13-,17-16-. The van der Waals surface area contributed by atoms with Crippen molar-refractivity contribution in [1.82, 2.24) is 5.32 Å². The maximum Gasteiger partial charge on any atom is 0.220 e. The quantitative estimate of drug-likeness (QED) is 0.0411. The van der Waals surface area contributed by atoms with Crippen LogP contribution in [0.1, 0.15) is 110 Å². The molecule has 0 bridgehead atoms. The zero-order chi connectivity index (χ0) is 40.4. The molecule has 12 atom stereocenters. The van der Waals surface area contributed by atoms with Crippen molar-refractivity contribution in [3.05, 3.63) is 48.6 Å². The summed E-state index contributed by atoms with van der Waals surface area (Å²) in [5.41, 5.74) is 0. The van der Waals surface area contributed by atoms with Crippen LogP contribution in [0.3, 0.4) is 0 Å². The number of allylic oxidation sites excluding steroid dienone is 8. The average Bonchev–Trinajstić information content (AvgIpc) is 3.18. The normalized spacial score (nSPS) is 30.2. The molecule has 2 heterocycles. The van der Waals surface area contributed by atoms with Crippen LogP contribution >= 0.6 is 0 Å². The molecule has 9 N–H and O–H groups in total. The van der Waals surface area contributed by atoms with Crippen LogP contribution in [0, 0.1) is 0 Å². The van der Waals surface area contributed by atoms with Gasteiger partial charge in [-0.3, -0.25) is 4.79 Å². The van der Waals surface area contributed by atoms with Crippen molar-refractivity contribution >= 4 is 5.91 Å². The van der Waals surface area contributed by atoms with E-state index in [1.807, 2.05) is 0 Å². The van der Waals surface area contributed by atoms with Crippen LogP contribution in [0.25, 0.3) is 0 Å². The zero-order valence-electron chi connectivity index (χ0n) is 32.9. The van der Waals surface area contributed by atoms with Gasteiger partial charge in [-0.25, -0.2) is 0 Å². The number of rotatable bonds is 28. The SMILES string of the molecule is CC/C=C\C/C=C\C/C=C\C/C=C\CCCCCCC(=O)NC(COC1OC(CO)C(OC2OC(CO)C(O)C(O)C2O)C(O)C1O)C(O)CCCCCC. The summed E-state index contributed by atoms with van der Waals surface area (Å²) >= 11 is 0. The molecule has 14 heteroatoms. The minimum atomic E-state index is -1.78. The number of carbonyl (C=O) groups is 1. The average molecular weight is 786 g/mol. The van der Waals surface area contributed by atoms with E-state index < -0.39 is 86.8 Å². The molecule has 0 radical (unpaired) electrons. The molecule has 0 aromatic rings. The van der Waals surface area contributed by atoms with Crippen molar-refractivity contribution < 1.29 is 64.6 Å². The van der Waals surface area contributed by atoms with Gasteiger partial charge in [0, 0.05) is 6.42 Å². The predicted molar refractivity (Wildman–Crippen MR) is 207 cm³/mol. The van der Waals surface area contributed by atoms with Crippen LogP contribution < -0.4 is 5.32 Å². The molecule has 55 heavy (non-hydrogen) atoms. The summed E-state index contributed by atoms with van der Waals surface area (Å²) in [4.78, 5) is 13.0. The van der Waals surface area contributed by atoms with E-state index in [0.717, 1.165) is 77.0 Å². The number of aliphatic hydroxyl groups is 8. The second kappa shape index (κ2) is 29.2. The third-order valence-electron chi connectivity index (χ3n) is 9.81. The molecule has 12 unspecified atom stereocenters. The Bertz CT molecular complexity index is 1120. The van der Waals surface area contributed by atoms with Crippen molar-refractivity contribution in [1.29, 1.82) is 0 Å². The highest BCUT2D eigenvalue weighted by Gasteiger charge is 2.50. The Kier molecular flexibility index (Phi) is 26.1. The molecule has 0 aromatic carbocycles. The van der Waals surface area contributed by atoms with Gasteiger partial charge in [-0.05, 0) is 51.4 Å². The first-order chi connectivity index (χ1) is 26.6. The molecule has 2 rings (SSSR count). The van der Waals surface area contributed by atoms with Gasteiger partial charge in [0.25, 0.3) is 0 Å². The molecule has 2 aliphatic rings. The van der Waals surface area contributed by atoms with Gasteiger partial charge in [0.1, 0.15) is 48.8 Å². The molecule has 0 aliphatic carbocycles. The lowest BCUT2D eigenvalue weighted by atomic mass is 9.97. The minimum absolute atomic E-state index is 0.244. The molecule has 0 saturated carbocycles. The Morgan fingerprint density at radius 3 is 1.89 bits per heavy atom. The number of nitrogens with one attached hydrogen (secondary N) is 1. The second-order valence-electron chi connectivity index (χ2n) is 14.4. The molecule has 0 spiro atoms. The van der Waals surface area contributed by atoms with E-state index >= 15 is 0 Å². The molecule has 2 aliphatic heterocycles. The third kappa shape index (κ3) is 18.4. The first kappa shape index (κ1) is 49.1. The summed E-state index contributed by atoms with van der Waals surface area (Å²) in [6.45, 7) is 2.53. The van der Waals surface area contributed by atoms with Crippen LogP contribution in [0.4, 0.5) is 0 Å². The van der Waals surface area contributed by atoms with Crippen molar-refractivity contribution in [2.24, 2.45) is 0 Å². The summed E-state index contributed by atoms with van der Waals surface area (Å²) in [6.07, 6.45) is 13.5. The van der Waals surface area contributed by atoms with Crippen LogP contribution in [-0.4, -0.2) is 140 Å². The molecule has 0 aromatic heterocycles. The molecule has 318 valence electrons.